The van der Waals surface area contributed by atoms with Gasteiger partial charge in [-0.05, 0) is 41.7 Å². The molecule has 0 N–H and O–H groups in total. The average Bonchev–Trinajstić information content (AvgIpc) is 2.52. The maximum atomic E-state index is 7.48. The summed E-state index contributed by atoms with van der Waals surface area (Å²) >= 11 is 0. The molecule has 21 heavy (non-hydrogen) atoms. The van der Waals surface area contributed by atoms with E-state index < -0.39 is 16.6 Å². The van der Waals surface area contributed by atoms with Crippen LogP contribution in [0.2, 0.25) is 35.3 Å². The van der Waals surface area contributed by atoms with Gasteiger partial charge in [0.1, 0.15) is 0 Å². The fourth-order valence-corrected chi connectivity index (χ4v) is 19.0. The van der Waals surface area contributed by atoms with E-state index in [9.17, 15) is 0 Å². The fraction of sp³-hybridized carbons (Fsp3) is 1.00. The smallest absolute Gasteiger partial charge is 0.185 e. The van der Waals surface area contributed by atoms with Gasteiger partial charge in [-0.3, -0.25) is 0 Å². The lowest BCUT2D eigenvalue weighted by Gasteiger charge is -2.56. The van der Waals surface area contributed by atoms with Gasteiger partial charge in [-0.2, -0.15) is 0 Å². The second kappa shape index (κ2) is 7.31. The second-order valence-electron chi connectivity index (χ2n) is 7.74. The fourth-order valence-electron chi connectivity index (χ4n) is 5.46. The number of hydrogen-bond donors (Lipinski definition) is 0. The van der Waals surface area contributed by atoms with Crippen LogP contribution in [0, 0.1) is 0 Å². The molecule has 2 saturated heterocycles. The summed E-state index contributed by atoms with van der Waals surface area (Å²) in [5, 5.41) is 0.616. The Labute approximate surface area is 135 Å². The second-order valence-corrected chi connectivity index (χ2v) is 16.9. The first-order valence-electron chi connectivity index (χ1n) is 9.82. The molecule has 1 nitrogen and oxygen atoms in total. The highest BCUT2D eigenvalue weighted by molar-refractivity contribution is 6.88. The van der Waals surface area contributed by atoms with Crippen LogP contribution in [0.3, 0.4) is 0 Å². The third-order valence-electron chi connectivity index (χ3n) is 7.22. The molecule has 3 heteroatoms. The highest BCUT2D eigenvalue weighted by Gasteiger charge is 2.56. The first-order chi connectivity index (χ1) is 10.1. The van der Waals surface area contributed by atoms with Gasteiger partial charge >= 0.3 is 0 Å². The van der Waals surface area contributed by atoms with E-state index in [1.165, 1.54) is 81.6 Å². The predicted molar refractivity (Wildman–Crippen MR) is 99.0 cm³/mol. The van der Waals surface area contributed by atoms with Crippen LogP contribution in [-0.4, -0.2) is 16.6 Å². The summed E-state index contributed by atoms with van der Waals surface area (Å²) in [6, 6.07) is 7.16. The zero-order valence-electron chi connectivity index (χ0n) is 15.1. The van der Waals surface area contributed by atoms with Crippen molar-refractivity contribution in [1.29, 1.82) is 0 Å². The Hall–Kier alpha value is 0.394. The first-order valence-corrected chi connectivity index (χ1v) is 14.7. The molecule has 124 valence electrons. The topological polar surface area (TPSA) is 9.23 Å². The third kappa shape index (κ3) is 3.21. The maximum absolute atomic E-state index is 7.48. The zero-order valence-corrected chi connectivity index (χ0v) is 17.1. The first kappa shape index (κ1) is 17.7. The van der Waals surface area contributed by atoms with Gasteiger partial charge in [0.15, 0.2) is 16.6 Å². The van der Waals surface area contributed by atoms with Gasteiger partial charge in [-0.1, -0.05) is 72.6 Å². The highest BCUT2D eigenvalue weighted by atomic mass is 28.4. The summed E-state index contributed by atoms with van der Waals surface area (Å²) in [7, 11) is -2.98. The molecule has 0 aromatic heterocycles. The molecule has 0 amide bonds. The summed E-state index contributed by atoms with van der Waals surface area (Å²) in [6.45, 7) is 9.79. The predicted octanol–water partition coefficient (Wildman–Crippen LogP) is 6.86. The molecular weight excluding hydrogens is 288 g/mol. The van der Waals surface area contributed by atoms with Gasteiger partial charge < -0.3 is 4.12 Å². The van der Waals surface area contributed by atoms with Gasteiger partial charge in [0, 0.05) is 0 Å². The summed E-state index contributed by atoms with van der Waals surface area (Å²) in [5.74, 6) is 0. The summed E-state index contributed by atoms with van der Waals surface area (Å²) in [5.41, 5.74) is 0. The van der Waals surface area contributed by atoms with Crippen molar-refractivity contribution < 1.29 is 4.12 Å². The largest absolute Gasteiger partial charge is 0.454 e. The Morgan fingerprint density at radius 3 is 1.90 bits per heavy atom. The molecule has 1 unspecified atom stereocenters. The minimum absolute atomic E-state index is 0.616. The molecule has 0 aromatic rings. The van der Waals surface area contributed by atoms with Gasteiger partial charge in [0.2, 0.25) is 0 Å². The van der Waals surface area contributed by atoms with E-state index in [0.29, 0.717) is 5.04 Å². The van der Waals surface area contributed by atoms with E-state index in [2.05, 4.69) is 27.7 Å². The monoisotopic (exact) mass is 326 g/mol. The molecule has 2 fully saturated rings. The van der Waals surface area contributed by atoms with Crippen molar-refractivity contribution in [3.05, 3.63) is 0 Å². The molecule has 0 radical (unpaired) electrons. The van der Waals surface area contributed by atoms with Crippen molar-refractivity contribution in [1.82, 2.24) is 0 Å². The summed E-state index contributed by atoms with van der Waals surface area (Å²) in [6.07, 6.45) is 11.6. The molecule has 2 heterocycles. The Morgan fingerprint density at radius 1 is 0.762 bits per heavy atom. The highest BCUT2D eigenvalue weighted by Crippen LogP contribution is 2.59. The lowest BCUT2D eigenvalue weighted by Crippen LogP contribution is -2.59. The van der Waals surface area contributed by atoms with E-state index in [-0.39, 0.29) is 0 Å². The van der Waals surface area contributed by atoms with Crippen LogP contribution in [0.15, 0.2) is 0 Å². The molecule has 1 spiro atoms. The molecule has 0 aliphatic carbocycles. The average molecular weight is 327 g/mol. The van der Waals surface area contributed by atoms with Gasteiger partial charge in [0.05, 0.1) is 0 Å². The van der Waals surface area contributed by atoms with E-state index in [4.69, 9.17) is 4.12 Å². The van der Waals surface area contributed by atoms with E-state index in [1.807, 2.05) is 0 Å². The minimum Gasteiger partial charge on any atom is -0.454 e. The SMILES string of the molecule is CCC1(CC)CCCC[Si]12CCCCC[Si](CC)(CC)O2. The van der Waals surface area contributed by atoms with E-state index >= 15 is 0 Å². The lowest BCUT2D eigenvalue weighted by molar-refractivity contribution is 0.330. The summed E-state index contributed by atoms with van der Waals surface area (Å²) < 4.78 is 7.48. The number of rotatable bonds is 4. The van der Waals surface area contributed by atoms with Crippen LogP contribution in [0.25, 0.3) is 0 Å². The maximum Gasteiger partial charge on any atom is 0.185 e. The number of hydrogen-bond acceptors (Lipinski definition) is 1. The molecule has 0 bridgehead atoms. The zero-order chi connectivity index (χ0) is 15.4. The van der Waals surface area contributed by atoms with E-state index in [0.717, 1.165) is 0 Å². The Balaban J connectivity index is 2.38. The normalized spacial score (nSPS) is 32.6. The summed E-state index contributed by atoms with van der Waals surface area (Å²) in [4.78, 5) is 0. The molecule has 0 saturated carbocycles. The van der Waals surface area contributed by atoms with Crippen molar-refractivity contribution in [2.75, 3.05) is 0 Å². The van der Waals surface area contributed by atoms with E-state index in [1.54, 1.807) is 0 Å². The van der Waals surface area contributed by atoms with Gasteiger partial charge in [-0.15, -0.1) is 0 Å². The molecule has 2 rings (SSSR count). The molecule has 1 atom stereocenters. The third-order valence-corrected chi connectivity index (χ3v) is 19.6. The van der Waals surface area contributed by atoms with Crippen LogP contribution in [-0.2, 0) is 4.12 Å². The standard InChI is InChI=1S/C18H38OSi2/c1-5-18(6-2)14-10-13-17-21(18)16-12-9-11-15-20(7-3,8-4)19-21/h5-17H2,1-4H3. The van der Waals surface area contributed by atoms with Gasteiger partial charge in [0.25, 0.3) is 0 Å². The Kier molecular flexibility index (Phi) is 6.18. The minimum atomic E-state index is -1.55. The van der Waals surface area contributed by atoms with Crippen LogP contribution in [0.5, 0.6) is 0 Å². The van der Waals surface area contributed by atoms with Crippen molar-refractivity contribution in [3.63, 3.8) is 0 Å². The van der Waals surface area contributed by atoms with Crippen molar-refractivity contribution in [2.45, 2.75) is 114 Å². The molecular formula is C18H38OSi2. The Morgan fingerprint density at radius 2 is 1.33 bits per heavy atom. The van der Waals surface area contributed by atoms with Crippen LogP contribution in [0.4, 0.5) is 0 Å². The van der Waals surface area contributed by atoms with Crippen LogP contribution >= 0.6 is 0 Å². The molecule has 2 aliphatic heterocycles. The van der Waals surface area contributed by atoms with Crippen molar-refractivity contribution in [3.8, 4) is 0 Å². The van der Waals surface area contributed by atoms with Crippen molar-refractivity contribution in [2.24, 2.45) is 0 Å². The van der Waals surface area contributed by atoms with Crippen LogP contribution in [0.1, 0.15) is 79.1 Å². The lowest BCUT2D eigenvalue weighted by atomic mass is 9.94. The van der Waals surface area contributed by atoms with Crippen molar-refractivity contribution >= 4 is 16.6 Å². The molecule has 0 aromatic carbocycles. The quantitative estimate of drug-likeness (QED) is 0.513. The Bertz CT molecular complexity index is 323. The van der Waals surface area contributed by atoms with Gasteiger partial charge in [-0.25, -0.2) is 0 Å². The molecule has 2 aliphatic rings. The van der Waals surface area contributed by atoms with Crippen LogP contribution < -0.4 is 0 Å².